The van der Waals surface area contributed by atoms with Gasteiger partial charge < -0.3 is 10.4 Å². The number of aromatic hydroxyl groups is 1. The second-order valence-corrected chi connectivity index (χ2v) is 8.78. The van der Waals surface area contributed by atoms with Crippen LogP contribution in [0, 0.1) is 0 Å². The Morgan fingerprint density at radius 3 is 2.45 bits per heavy atom. The normalized spacial score (nSPS) is 12.3. The number of phenols is 1. The van der Waals surface area contributed by atoms with Crippen LogP contribution in [0.5, 0.6) is 5.75 Å². The molecule has 0 bridgehead atoms. The fourth-order valence-electron chi connectivity index (χ4n) is 3.62. The summed E-state index contributed by atoms with van der Waals surface area (Å²) in [6.07, 6.45) is 0. The lowest BCUT2D eigenvalue weighted by Gasteiger charge is -2.22. The zero-order valence-corrected chi connectivity index (χ0v) is 17.7. The summed E-state index contributed by atoms with van der Waals surface area (Å²) in [6, 6.07) is 27.9. The molecule has 1 atom stereocenters. The Bertz CT molecular complexity index is 1280. The van der Waals surface area contributed by atoms with Crippen LogP contribution in [0.1, 0.15) is 17.2 Å². The van der Waals surface area contributed by atoms with Gasteiger partial charge in [-0.05, 0) is 46.7 Å². The Labute approximate surface area is 180 Å². The van der Waals surface area contributed by atoms with E-state index in [1.54, 1.807) is 17.4 Å². The zero-order valence-electron chi connectivity index (χ0n) is 15.3. The van der Waals surface area contributed by atoms with Gasteiger partial charge >= 0.3 is 0 Å². The summed E-state index contributed by atoms with van der Waals surface area (Å²) in [4.78, 5) is 4.75. The van der Waals surface area contributed by atoms with Crippen molar-refractivity contribution in [1.82, 2.24) is 4.98 Å². The molecule has 5 heteroatoms. The van der Waals surface area contributed by atoms with Crippen molar-refractivity contribution in [1.29, 1.82) is 0 Å². The third-order valence-corrected chi connectivity index (χ3v) is 6.50. The lowest BCUT2D eigenvalue weighted by atomic mass is 9.93. The summed E-state index contributed by atoms with van der Waals surface area (Å²) in [5, 5.41) is 17.4. The lowest BCUT2D eigenvalue weighted by molar-refractivity contribution is 0.468. The lowest BCUT2D eigenvalue weighted by Crippen LogP contribution is -2.13. The molecule has 5 rings (SSSR count). The maximum atomic E-state index is 10.8. The monoisotopic (exact) mass is 460 g/mol. The van der Waals surface area contributed by atoms with Crippen molar-refractivity contribution in [2.75, 3.05) is 5.32 Å². The van der Waals surface area contributed by atoms with Crippen LogP contribution in [0.15, 0.2) is 89.4 Å². The first-order chi connectivity index (χ1) is 14.2. The van der Waals surface area contributed by atoms with E-state index in [0.717, 1.165) is 41.7 Å². The molecule has 142 valence electrons. The Kier molecular flexibility index (Phi) is 4.70. The zero-order chi connectivity index (χ0) is 19.8. The average molecular weight is 461 g/mol. The number of halogens is 1. The van der Waals surface area contributed by atoms with E-state index in [9.17, 15) is 5.11 Å². The van der Waals surface area contributed by atoms with Gasteiger partial charge in [-0.25, -0.2) is 4.98 Å². The summed E-state index contributed by atoms with van der Waals surface area (Å²) >= 11 is 5.13. The van der Waals surface area contributed by atoms with E-state index in [2.05, 4.69) is 51.6 Å². The molecule has 1 heterocycles. The highest BCUT2D eigenvalue weighted by molar-refractivity contribution is 9.10. The van der Waals surface area contributed by atoms with E-state index in [4.69, 9.17) is 4.98 Å². The van der Waals surface area contributed by atoms with Gasteiger partial charge in [0.05, 0.1) is 16.3 Å². The van der Waals surface area contributed by atoms with Crippen molar-refractivity contribution in [2.45, 2.75) is 6.04 Å². The molecule has 0 aliphatic carbocycles. The van der Waals surface area contributed by atoms with Gasteiger partial charge in [0.1, 0.15) is 5.75 Å². The highest BCUT2D eigenvalue weighted by atomic mass is 79.9. The number of anilines is 1. The molecular weight excluding hydrogens is 444 g/mol. The fourth-order valence-corrected chi connectivity index (χ4v) is 4.78. The van der Waals surface area contributed by atoms with Crippen LogP contribution in [0.25, 0.3) is 21.0 Å². The Morgan fingerprint density at radius 2 is 1.62 bits per heavy atom. The number of nitrogens with one attached hydrogen (secondary N) is 1. The molecule has 0 amide bonds. The largest absolute Gasteiger partial charge is 0.508 e. The quantitative estimate of drug-likeness (QED) is 0.300. The van der Waals surface area contributed by atoms with Crippen molar-refractivity contribution in [3.63, 3.8) is 0 Å². The number of rotatable bonds is 4. The summed E-state index contributed by atoms with van der Waals surface area (Å²) in [5.74, 6) is 0.269. The molecule has 2 N–H and O–H groups in total. The van der Waals surface area contributed by atoms with Crippen molar-refractivity contribution in [3.05, 3.63) is 101 Å². The van der Waals surface area contributed by atoms with Gasteiger partial charge in [-0.1, -0.05) is 81.9 Å². The van der Waals surface area contributed by atoms with Crippen molar-refractivity contribution in [2.24, 2.45) is 0 Å². The van der Waals surface area contributed by atoms with Crippen molar-refractivity contribution in [3.8, 4) is 5.75 Å². The molecule has 0 spiro atoms. The van der Waals surface area contributed by atoms with E-state index in [0.29, 0.717) is 0 Å². The first-order valence-corrected chi connectivity index (χ1v) is 10.9. The minimum Gasteiger partial charge on any atom is -0.508 e. The Balaban J connectivity index is 1.69. The van der Waals surface area contributed by atoms with Gasteiger partial charge in [0, 0.05) is 10.0 Å². The van der Waals surface area contributed by atoms with Crippen LogP contribution >= 0.6 is 27.3 Å². The van der Waals surface area contributed by atoms with Crippen LogP contribution < -0.4 is 5.32 Å². The number of nitrogens with zero attached hydrogens (tertiary/aromatic N) is 1. The second kappa shape index (κ2) is 7.50. The fraction of sp³-hybridized carbons (Fsp3) is 0.0417. The molecular formula is C24H17BrN2OS. The van der Waals surface area contributed by atoms with Crippen molar-refractivity contribution < 1.29 is 5.11 Å². The van der Waals surface area contributed by atoms with Gasteiger partial charge in [-0.3, -0.25) is 0 Å². The van der Waals surface area contributed by atoms with Crippen LogP contribution in [0.4, 0.5) is 5.13 Å². The number of fused-ring (bicyclic) bond motifs is 2. The molecule has 3 nitrogen and oxygen atoms in total. The van der Waals surface area contributed by atoms with E-state index in [1.807, 2.05) is 48.5 Å². The standard InChI is InChI=1S/C24H17BrN2OS/c25-17-12-9-16(10-13-17)23(27-24-26-19-7-3-4-8-21(19)29-24)22-18-6-2-1-5-15(18)11-14-20(22)28/h1-14,23,28H,(H,26,27). The SMILES string of the molecule is Oc1ccc2ccccc2c1C(Nc1nc2ccccc2s1)c1ccc(Br)cc1. The predicted molar refractivity (Wildman–Crippen MR) is 125 cm³/mol. The van der Waals surface area contributed by atoms with Gasteiger partial charge in [-0.15, -0.1) is 0 Å². The smallest absolute Gasteiger partial charge is 0.184 e. The minimum absolute atomic E-state index is 0.241. The van der Waals surface area contributed by atoms with Gasteiger partial charge in [0.15, 0.2) is 5.13 Å². The van der Waals surface area contributed by atoms with Crippen LogP contribution in [0.3, 0.4) is 0 Å². The molecule has 0 radical (unpaired) electrons. The molecule has 0 aliphatic rings. The molecule has 4 aromatic carbocycles. The predicted octanol–water partition coefficient (Wildman–Crippen LogP) is 7.12. The molecule has 1 aromatic heterocycles. The van der Waals surface area contributed by atoms with Crippen LogP contribution in [-0.2, 0) is 0 Å². The molecule has 0 aliphatic heterocycles. The molecule has 29 heavy (non-hydrogen) atoms. The average Bonchev–Trinajstić information content (AvgIpc) is 3.16. The number of aromatic nitrogens is 1. The maximum Gasteiger partial charge on any atom is 0.184 e. The molecule has 1 unspecified atom stereocenters. The molecule has 0 saturated carbocycles. The van der Waals surface area contributed by atoms with E-state index >= 15 is 0 Å². The van der Waals surface area contributed by atoms with Gasteiger partial charge in [0.2, 0.25) is 0 Å². The summed E-state index contributed by atoms with van der Waals surface area (Å²) in [5.41, 5.74) is 2.88. The topological polar surface area (TPSA) is 45.1 Å². The molecule has 0 fully saturated rings. The summed E-state index contributed by atoms with van der Waals surface area (Å²) in [6.45, 7) is 0. The van der Waals surface area contributed by atoms with Crippen LogP contribution in [-0.4, -0.2) is 10.1 Å². The Hall–Kier alpha value is -2.89. The number of hydrogen-bond acceptors (Lipinski definition) is 4. The molecule has 0 saturated heterocycles. The van der Waals surface area contributed by atoms with E-state index < -0.39 is 0 Å². The molecule has 5 aromatic rings. The highest BCUT2D eigenvalue weighted by Gasteiger charge is 2.22. The minimum atomic E-state index is -0.241. The Morgan fingerprint density at radius 1 is 0.862 bits per heavy atom. The van der Waals surface area contributed by atoms with Gasteiger partial charge in [-0.2, -0.15) is 0 Å². The van der Waals surface area contributed by atoms with Gasteiger partial charge in [0.25, 0.3) is 0 Å². The number of phenolic OH excluding ortho intramolecular Hbond substituents is 1. The van der Waals surface area contributed by atoms with Crippen LogP contribution in [0.2, 0.25) is 0 Å². The summed E-state index contributed by atoms with van der Waals surface area (Å²) < 4.78 is 2.15. The first kappa shape index (κ1) is 18.2. The number of thiazole rings is 1. The third-order valence-electron chi connectivity index (χ3n) is 5.00. The van der Waals surface area contributed by atoms with Crippen molar-refractivity contribution >= 4 is 53.4 Å². The summed E-state index contributed by atoms with van der Waals surface area (Å²) in [7, 11) is 0. The third kappa shape index (κ3) is 3.48. The number of benzene rings is 4. The van der Waals surface area contributed by atoms with E-state index in [1.165, 1.54) is 0 Å². The second-order valence-electron chi connectivity index (χ2n) is 6.84. The van der Waals surface area contributed by atoms with E-state index in [-0.39, 0.29) is 11.8 Å². The maximum absolute atomic E-state index is 10.8. The number of hydrogen-bond donors (Lipinski definition) is 2. The first-order valence-electron chi connectivity index (χ1n) is 9.27. The number of para-hydroxylation sites is 1. The highest BCUT2D eigenvalue weighted by Crippen LogP contribution is 2.39.